The topological polar surface area (TPSA) is 29.1 Å². The van der Waals surface area contributed by atoms with Gasteiger partial charge in [0.1, 0.15) is 5.82 Å². The summed E-state index contributed by atoms with van der Waals surface area (Å²) in [7, 11) is 0. The molecule has 1 aromatic rings. The lowest BCUT2D eigenvalue weighted by molar-refractivity contribution is -0.121. The van der Waals surface area contributed by atoms with Crippen LogP contribution >= 0.6 is 11.6 Å². The molecule has 0 heterocycles. The van der Waals surface area contributed by atoms with Crippen molar-refractivity contribution in [2.45, 2.75) is 51.0 Å². The maximum atomic E-state index is 13.2. The highest BCUT2D eigenvalue weighted by Crippen LogP contribution is 2.18. The Balaban J connectivity index is 1.77. The highest BCUT2D eigenvalue weighted by atomic mass is 35.5. The molecule has 0 spiro atoms. The van der Waals surface area contributed by atoms with Crippen LogP contribution in [0.3, 0.4) is 0 Å². The number of hydrogen-bond acceptors (Lipinski definition) is 1. The molecule has 0 saturated heterocycles. The second-order valence-electron chi connectivity index (χ2n) is 5.15. The van der Waals surface area contributed by atoms with E-state index < -0.39 is 5.82 Å². The van der Waals surface area contributed by atoms with Crippen LogP contribution in [0.4, 0.5) is 4.39 Å². The van der Waals surface area contributed by atoms with Crippen molar-refractivity contribution < 1.29 is 9.18 Å². The molecule has 1 aromatic carbocycles. The van der Waals surface area contributed by atoms with Crippen LogP contribution in [0.5, 0.6) is 0 Å². The average molecular weight is 284 g/mol. The summed E-state index contributed by atoms with van der Waals surface area (Å²) in [5.74, 6) is -0.367. The first-order valence-corrected chi connectivity index (χ1v) is 7.26. The Morgan fingerprint density at radius 1 is 1.32 bits per heavy atom. The van der Waals surface area contributed by atoms with Crippen LogP contribution in [0.15, 0.2) is 18.2 Å². The van der Waals surface area contributed by atoms with E-state index in [9.17, 15) is 9.18 Å². The molecule has 0 radical (unpaired) electrons. The van der Waals surface area contributed by atoms with Gasteiger partial charge in [-0.2, -0.15) is 0 Å². The highest BCUT2D eigenvalue weighted by molar-refractivity contribution is 6.30. The largest absolute Gasteiger partial charge is 0.353 e. The van der Waals surface area contributed by atoms with Gasteiger partial charge in [-0.15, -0.1) is 0 Å². The summed E-state index contributed by atoms with van der Waals surface area (Å²) in [6.45, 7) is 0. The van der Waals surface area contributed by atoms with E-state index in [0.29, 0.717) is 18.9 Å². The van der Waals surface area contributed by atoms with E-state index in [1.165, 1.54) is 31.4 Å². The third-order valence-electron chi connectivity index (χ3n) is 3.60. The quantitative estimate of drug-likeness (QED) is 0.893. The van der Waals surface area contributed by atoms with Crippen LogP contribution in [-0.4, -0.2) is 11.9 Å². The zero-order valence-electron chi connectivity index (χ0n) is 10.9. The van der Waals surface area contributed by atoms with E-state index in [1.54, 1.807) is 6.07 Å². The van der Waals surface area contributed by atoms with Gasteiger partial charge in [-0.1, -0.05) is 36.9 Å². The van der Waals surface area contributed by atoms with Gasteiger partial charge in [0.2, 0.25) is 5.91 Å². The number of halogens is 2. The lowest BCUT2D eigenvalue weighted by Gasteiger charge is -2.22. The SMILES string of the molecule is O=C(CCc1ccc(Cl)c(F)c1)NC1CCCCC1. The van der Waals surface area contributed by atoms with Gasteiger partial charge in [0.25, 0.3) is 0 Å². The first kappa shape index (κ1) is 14.3. The molecule has 1 amide bonds. The molecule has 0 unspecified atom stereocenters. The van der Waals surface area contributed by atoms with Gasteiger partial charge in [0, 0.05) is 12.5 Å². The summed E-state index contributed by atoms with van der Waals surface area (Å²) in [5, 5.41) is 3.18. The molecule has 19 heavy (non-hydrogen) atoms. The standard InChI is InChI=1S/C15H19ClFNO/c16-13-8-6-11(10-14(13)17)7-9-15(19)18-12-4-2-1-3-5-12/h6,8,10,12H,1-5,7,9H2,(H,18,19). The minimum Gasteiger partial charge on any atom is -0.353 e. The van der Waals surface area contributed by atoms with Crippen LogP contribution in [-0.2, 0) is 11.2 Å². The van der Waals surface area contributed by atoms with Crippen molar-refractivity contribution >= 4 is 17.5 Å². The smallest absolute Gasteiger partial charge is 0.220 e. The van der Waals surface area contributed by atoms with E-state index in [4.69, 9.17) is 11.6 Å². The fourth-order valence-corrected chi connectivity index (χ4v) is 2.62. The summed E-state index contributed by atoms with van der Waals surface area (Å²) in [5.41, 5.74) is 0.806. The number of aryl methyl sites for hydroxylation is 1. The van der Waals surface area contributed by atoms with E-state index in [-0.39, 0.29) is 10.9 Å². The van der Waals surface area contributed by atoms with Crippen molar-refractivity contribution in [2.75, 3.05) is 0 Å². The molecule has 2 rings (SSSR count). The van der Waals surface area contributed by atoms with Crippen LogP contribution in [0, 0.1) is 5.82 Å². The molecule has 1 aliphatic carbocycles. The van der Waals surface area contributed by atoms with E-state index in [0.717, 1.165) is 18.4 Å². The van der Waals surface area contributed by atoms with Crippen LogP contribution < -0.4 is 5.32 Å². The Bertz CT molecular complexity index is 444. The molecular weight excluding hydrogens is 265 g/mol. The van der Waals surface area contributed by atoms with Crippen LogP contribution in [0.25, 0.3) is 0 Å². The molecule has 1 N–H and O–H groups in total. The number of carbonyl (C=O) groups excluding carboxylic acids is 1. The number of carbonyl (C=O) groups is 1. The molecule has 0 aliphatic heterocycles. The van der Waals surface area contributed by atoms with Gasteiger partial charge in [-0.25, -0.2) is 4.39 Å². The maximum absolute atomic E-state index is 13.2. The molecule has 0 atom stereocenters. The normalized spacial score (nSPS) is 16.3. The van der Waals surface area contributed by atoms with Gasteiger partial charge >= 0.3 is 0 Å². The molecule has 4 heteroatoms. The maximum Gasteiger partial charge on any atom is 0.220 e. The van der Waals surface area contributed by atoms with Crippen molar-refractivity contribution in [3.63, 3.8) is 0 Å². The zero-order chi connectivity index (χ0) is 13.7. The Labute approximate surface area is 118 Å². The Morgan fingerprint density at radius 3 is 2.74 bits per heavy atom. The molecule has 1 aliphatic rings. The zero-order valence-corrected chi connectivity index (χ0v) is 11.7. The Hall–Kier alpha value is -1.09. The minimum atomic E-state index is -0.424. The number of benzene rings is 1. The second kappa shape index (κ2) is 6.90. The second-order valence-corrected chi connectivity index (χ2v) is 5.56. The van der Waals surface area contributed by atoms with Crippen molar-refractivity contribution in [3.8, 4) is 0 Å². The molecule has 2 nitrogen and oxygen atoms in total. The number of rotatable bonds is 4. The van der Waals surface area contributed by atoms with Crippen molar-refractivity contribution in [3.05, 3.63) is 34.6 Å². The molecular formula is C15H19ClFNO. The lowest BCUT2D eigenvalue weighted by Crippen LogP contribution is -2.36. The van der Waals surface area contributed by atoms with E-state index in [1.807, 2.05) is 0 Å². The van der Waals surface area contributed by atoms with Gasteiger partial charge in [-0.3, -0.25) is 4.79 Å². The molecule has 0 bridgehead atoms. The first-order chi connectivity index (χ1) is 9.15. The van der Waals surface area contributed by atoms with Gasteiger partial charge in [-0.05, 0) is 37.0 Å². The third-order valence-corrected chi connectivity index (χ3v) is 3.90. The lowest BCUT2D eigenvalue weighted by atomic mass is 9.95. The van der Waals surface area contributed by atoms with Gasteiger partial charge in [0.15, 0.2) is 0 Å². The Kier molecular flexibility index (Phi) is 5.20. The Morgan fingerprint density at radius 2 is 2.05 bits per heavy atom. The predicted octanol–water partition coefficient (Wildman–Crippen LogP) is 3.86. The van der Waals surface area contributed by atoms with Gasteiger partial charge in [0.05, 0.1) is 5.02 Å². The summed E-state index contributed by atoms with van der Waals surface area (Å²) in [4.78, 5) is 11.8. The number of hydrogen-bond donors (Lipinski definition) is 1. The third kappa shape index (κ3) is 4.50. The van der Waals surface area contributed by atoms with Crippen LogP contribution in [0.2, 0.25) is 5.02 Å². The summed E-state index contributed by atoms with van der Waals surface area (Å²) in [6.07, 6.45) is 6.80. The monoisotopic (exact) mass is 283 g/mol. The predicted molar refractivity (Wildman–Crippen MR) is 74.7 cm³/mol. The van der Waals surface area contributed by atoms with E-state index >= 15 is 0 Å². The number of nitrogens with one attached hydrogen (secondary N) is 1. The van der Waals surface area contributed by atoms with Crippen LogP contribution in [0.1, 0.15) is 44.1 Å². The summed E-state index contributed by atoms with van der Waals surface area (Å²) >= 11 is 5.62. The highest BCUT2D eigenvalue weighted by Gasteiger charge is 2.15. The number of amides is 1. The summed E-state index contributed by atoms with van der Waals surface area (Å²) in [6, 6.07) is 5.03. The molecule has 1 fully saturated rings. The average Bonchev–Trinajstić information content (AvgIpc) is 2.41. The fourth-order valence-electron chi connectivity index (χ4n) is 2.50. The van der Waals surface area contributed by atoms with Gasteiger partial charge < -0.3 is 5.32 Å². The minimum absolute atomic E-state index is 0.0576. The first-order valence-electron chi connectivity index (χ1n) is 6.88. The van der Waals surface area contributed by atoms with Crippen molar-refractivity contribution in [1.29, 1.82) is 0 Å². The van der Waals surface area contributed by atoms with Crippen molar-refractivity contribution in [1.82, 2.24) is 5.32 Å². The fraction of sp³-hybridized carbons (Fsp3) is 0.533. The van der Waals surface area contributed by atoms with E-state index in [2.05, 4.69) is 5.32 Å². The molecule has 0 aromatic heterocycles. The van der Waals surface area contributed by atoms with Crippen molar-refractivity contribution in [2.24, 2.45) is 0 Å². The molecule has 1 saturated carbocycles. The molecule has 104 valence electrons. The summed E-state index contributed by atoms with van der Waals surface area (Å²) < 4.78 is 13.2.